The smallest absolute Gasteiger partial charge is 0.0915 e. The van der Waals surface area contributed by atoms with Crippen LogP contribution in [0.2, 0.25) is 0 Å². The van der Waals surface area contributed by atoms with Gasteiger partial charge in [0.2, 0.25) is 0 Å². The number of nitrogens with two attached hydrogens (primary N) is 1. The van der Waals surface area contributed by atoms with Crippen LogP contribution in [0.4, 0.5) is 0 Å². The van der Waals surface area contributed by atoms with Crippen molar-refractivity contribution in [3.05, 3.63) is 34.9 Å². The van der Waals surface area contributed by atoms with E-state index in [1.54, 1.807) is 0 Å². The number of hydrogen-bond donors (Lipinski definition) is 2. The molecule has 0 saturated carbocycles. The van der Waals surface area contributed by atoms with Crippen LogP contribution in [-0.2, 0) is 13.0 Å². The van der Waals surface area contributed by atoms with Crippen LogP contribution in [0, 0.1) is 0 Å². The van der Waals surface area contributed by atoms with Gasteiger partial charge in [0.1, 0.15) is 0 Å². The summed E-state index contributed by atoms with van der Waals surface area (Å²) in [7, 11) is 0. The van der Waals surface area contributed by atoms with E-state index >= 15 is 0 Å². The van der Waals surface area contributed by atoms with Crippen molar-refractivity contribution in [3.63, 3.8) is 0 Å². The molecule has 3 N–H and O–H groups in total. The molecule has 3 nitrogen and oxygen atoms in total. The molecule has 0 fully saturated rings. The van der Waals surface area contributed by atoms with E-state index in [1.807, 2.05) is 12.1 Å². The molecule has 0 amide bonds. The zero-order valence-electron chi connectivity index (χ0n) is 10.7. The summed E-state index contributed by atoms with van der Waals surface area (Å²) in [5, 5.41) is 9.97. The van der Waals surface area contributed by atoms with E-state index in [0.29, 0.717) is 6.04 Å². The third-order valence-electron chi connectivity index (χ3n) is 3.65. The van der Waals surface area contributed by atoms with E-state index < -0.39 is 6.10 Å². The number of aliphatic hydroxyl groups is 1. The maximum absolute atomic E-state index is 9.97. The minimum absolute atomic E-state index is 0.290. The lowest BCUT2D eigenvalue weighted by molar-refractivity contribution is 0.174. The van der Waals surface area contributed by atoms with E-state index in [1.165, 1.54) is 11.1 Å². The first-order valence-electron chi connectivity index (χ1n) is 6.36. The number of fused-ring (bicyclic) bond motifs is 1. The lowest BCUT2D eigenvalue weighted by atomic mass is 9.91. The third kappa shape index (κ3) is 2.51. The average Bonchev–Trinajstić information content (AvgIpc) is 2.36. The van der Waals surface area contributed by atoms with Crippen LogP contribution in [-0.4, -0.2) is 29.1 Å². The van der Waals surface area contributed by atoms with Crippen molar-refractivity contribution >= 4 is 0 Å². The van der Waals surface area contributed by atoms with Crippen LogP contribution >= 0.6 is 0 Å². The van der Waals surface area contributed by atoms with Gasteiger partial charge in [-0.1, -0.05) is 18.2 Å². The Balaban J connectivity index is 2.33. The Labute approximate surface area is 103 Å². The summed E-state index contributed by atoms with van der Waals surface area (Å²) in [6.45, 7) is 6.76. The fraction of sp³-hybridized carbons (Fsp3) is 0.571. The molecule has 17 heavy (non-hydrogen) atoms. The lowest BCUT2D eigenvalue weighted by Gasteiger charge is -2.33. The Morgan fingerprint density at radius 3 is 2.82 bits per heavy atom. The zero-order valence-corrected chi connectivity index (χ0v) is 10.7. The van der Waals surface area contributed by atoms with E-state index in [9.17, 15) is 5.11 Å². The van der Waals surface area contributed by atoms with Crippen LogP contribution in [0.5, 0.6) is 0 Å². The van der Waals surface area contributed by atoms with E-state index in [-0.39, 0.29) is 6.54 Å². The van der Waals surface area contributed by atoms with Gasteiger partial charge in [0, 0.05) is 25.7 Å². The van der Waals surface area contributed by atoms with E-state index in [4.69, 9.17) is 5.73 Å². The molecule has 1 aliphatic heterocycles. The van der Waals surface area contributed by atoms with Crippen molar-refractivity contribution in [2.45, 2.75) is 39.0 Å². The van der Waals surface area contributed by atoms with Crippen LogP contribution in [0.3, 0.4) is 0 Å². The third-order valence-corrected chi connectivity index (χ3v) is 3.65. The number of nitrogens with zero attached hydrogens (tertiary/aromatic N) is 1. The molecule has 0 bridgehead atoms. The molecule has 0 spiro atoms. The average molecular weight is 234 g/mol. The highest BCUT2D eigenvalue weighted by Gasteiger charge is 2.22. The van der Waals surface area contributed by atoms with Gasteiger partial charge < -0.3 is 10.8 Å². The predicted octanol–water partition coefficient (Wildman–Crippen LogP) is 1.45. The highest BCUT2D eigenvalue weighted by Crippen LogP contribution is 2.27. The van der Waals surface area contributed by atoms with Crippen LogP contribution in [0.15, 0.2) is 18.2 Å². The predicted molar refractivity (Wildman–Crippen MR) is 69.7 cm³/mol. The summed E-state index contributed by atoms with van der Waals surface area (Å²) in [4.78, 5) is 2.44. The molecular weight excluding hydrogens is 212 g/mol. The Kier molecular flexibility index (Phi) is 3.82. The molecule has 0 aliphatic carbocycles. The fourth-order valence-electron chi connectivity index (χ4n) is 2.51. The number of aliphatic hydroxyl groups excluding tert-OH is 1. The van der Waals surface area contributed by atoms with Crippen LogP contribution < -0.4 is 5.73 Å². The first-order valence-corrected chi connectivity index (χ1v) is 6.36. The van der Waals surface area contributed by atoms with Gasteiger partial charge in [-0.15, -0.1) is 0 Å². The Hall–Kier alpha value is -0.900. The molecule has 2 rings (SSSR count). The van der Waals surface area contributed by atoms with E-state index in [0.717, 1.165) is 25.1 Å². The molecule has 1 heterocycles. The van der Waals surface area contributed by atoms with Gasteiger partial charge in [0.25, 0.3) is 0 Å². The lowest BCUT2D eigenvalue weighted by Crippen LogP contribution is -2.36. The first-order chi connectivity index (χ1) is 8.13. The minimum Gasteiger partial charge on any atom is -0.387 e. The molecule has 1 aromatic rings. The second-order valence-corrected chi connectivity index (χ2v) is 5.05. The number of rotatable bonds is 3. The van der Waals surface area contributed by atoms with Crippen molar-refractivity contribution in [2.75, 3.05) is 13.1 Å². The van der Waals surface area contributed by atoms with Crippen molar-refractivity contribution in [1.82, 2.24) is 4.90 Å². The summed E-state index contributed by atoms with van der Waals surface area (Å²) in [5.74, 6) is 0. The zero-order chi connectivity index (χ0) is 12.4. The van der Waals surface area contributed by atoms with Gasteiger partial charge in [-0.25, -0.2) is 0 Å². The quantitative estimate of drug-likeness (QED) is 0.832. The normalized spacial score (nSPS) is 18.2. The molecule has 0 saturated heterocycles. The maximum atomic E-state index is 9.97. The highest BCUT2D eigenvalue weighted by atomic mass is 16.3. The largest absolute Gasteiger partial charge is 0.387 e. The molecule has 1 aromatic carbocycles. The van der Waals surface area contributed by atoms with Gasteiger partial charge in [0.05, 0.1) is 6.10 Å². The van der Waals surface area contributed by atoms with Crippen LogP contribution in [0.1, 0.15) is 36.6 Å². The second kappa shape index (κ2) is 5.17. The topological polar surface area (TPSA) is 49.5 Å². The maximum Gasteiger partial charge on any atom is 0.0915 e. The number of hydrogen-bond acceptors (Lipinski definition) is 3. The van der Waals surface area contributed by atoms with Crippen molar-refractivity contribution in [3.8, 4) is 0 Å². The van der Waals surface area contributed by atoms with Gasteiger partial charge in [-0.2, -0.15) is 0 Å². The van der Waals surface area contributed by atoms with Crippen LogP contribution in [0.25, 0.3) is 0 Å². The SMILES string of the molecule is CC(C)N1CCc2cccc(C(O)CN)c2C1. The molecule has 1 unspecified atom stereocenters. The van der Waals surface area contributed by atoms with Gasteiger partial charge in [0.15, 0.2) is 0 Å². The molecule has 3 heteroatoms. The molecule has 0 aromatic heterocycles. The summed E-state index contributed by atoms with van der Waals surface area (Å²) >= 11 is 0. The molecule has 0 radical (unpaired) electrons. The van der Waals surface area contributed by atoms with Gasteiger partial charge in [-0.3, -0.25) is 4.90 Å². The summed E-state index contributed by atoms with van der Waals surface area (Å²) < 4.78 is 0. The summed E-state index contributed by atoms with van der Waals surface area (Å²) in [6.07, 6.45) is 0.538. The molecule has 94 valence electrons. The highest BCUT2D eigenvalue weighted by molar-refractivity contribution is 5.38. The van der Waals surface area contributed by atoms with Crippen molar-refractivity contribution in [2.24, 2.45) is 5.73 Å². The summed E-state index contributed by atoms with van der Waals surface area (Å²) in [5.41, 5.74) is 9.23. The Morgan fingerprint density at radius 2 is 2.18 bits per heavy atom. The van der Waals surface area contributed by atoms with Gasteiger partial charge in [-0.05, 0) is 37.0 Å². The minimum atomic E-state index is -0.530. The molecule has 1 aliphatic rings. The van der Waals surface area contributed by atoms with E-state index in [2.05, 4.69) is 24.8 Å². The molecule has 1 atom stereocenters. The molecular formula is C14H22N2O. The number of benzene rings is 1. The van der Waals surface area contributed by atoms with Crippen molar-refractivity contribution < 1.29 is 5.11 Å². The second-order valence-electron chi connectivity index (χ2n) is 5.05. The first kappa shape index (κ1) is 12.6. The Morgan fingerprint density at radius 1 is 1.41 bits per heavy atom. The Bertz CT molecular complexity index is 390. The monoisotopic (exact) mass is 234 g/mol. The fourth-order valence-corrected chi connectivity index (χ4v) is 2.51. The summed E-state index contributed by atoms with van der Waals surface area (Å²) in [6, 6.07) is 6.74. The van der Waals surface area contributed by atoms with Gasteiger partial charge >= 0.3 is 0 Å². The van der Waals surface area contributed by atoms with Crippen molar-refractivity contribution in [1.29, 1.82) is 0 Å². The standard InChI is InChI=1S/C14H22N2O/c1-10(2)16-7-6-11-4-3-5-12(13(11)9-16)14(17)8-15/h3-5,10,14,17H,6-9,15H2,1-2H3.